The molecule has 8 heteroatoms. The second kappa shape index (κ2) is 9.42. The van der Waals surface area contributed by atoms with E-state index in [2.05, 4.69) is 10.0 Å². The average Bonchev–Trinajstić information content (AvgIpc) is 2.58. The van der Waals surface area contributed by atoms with Gasteiger partial charge in [-0.15, -0.1) is 0 Å². The molecule has 2 aromatic carbocycles. The lowest BCUT2D eigenvalue weighted by Crippen LogP contribution is -2.32. The van der Waals surface area contributed by atoms with Crippen LogP contribution in [0.15, 0.2) is 48.5 Å². The molecule has 142 valence electrons. The van der Waals surface area contributed by atoms with Crippen molar-refractivity contribution in [2.75, 3.05) is 30.7 Å². The Labute approximate surface area is 153 Å². The molecule has 2 rings (SSSR count). The number of benzene rings is 2. The minimum Gasteiger partial charge on any atom is -0.508 e. The van der Waals surface area contributed by atoms with Gasteiger partial charge in [0.25, 0.3) is 0 Å². The maximum Gasteiger partial charge on any atom is 0.229 e. The minimum atomic E-state index is -3.30. The summed E-state index contributed by atoms with van der Waals surface area (Å²) in [5.41, 5.74) is 1.56. The topological polar surface area (TPSA) is 108 Å². The molecule has 1 atom stereocenters. The summed E-state index contributed by atoms with van der Waals surface area (Å²) in [7, 11) is -3.30. The van der Waals surface area contributed by atoms with Crippen LogP contribution >= 0.6 is 0 Å². The van der Waals surface area contributed by atoms with Gasteiger partial charge in [-0.1, -0.05) is 12.1 Å². The van der Waals surface area contributed by atoms with Crippen LogP contribution in [-0.4, -0.2) is 50.7 Å². The fraction of sp³-hybridized carbons (Fsp3) is 0.333. The fourth-order valence-corrected chi connectivity index (χ4v) is 2.81. The number of aliphatic hydroxyl groups is 1. The van der Waals surface area contributed by atoms with Gasteiger partial charge < -0.3 is 20.3 Å². The van der Waals surface area contributed by atoms with Gasteiger partial charge >= 0.3 is 0 Å². The van der Waals surface area contributed by atoms with Gasteiger partial charge in [0.2, 0.25) is 10.0 Å². The largest absolute Gasteiger partial charge is 0.508 e. The number of aliphatic hydroxyl groups excluding tert-OH is 1. The summed E-state index contributed by atoms with van der Waals surface area (Å²) in [6.45, 7) is 1.23. The summed E-state index contributed by atoms with van der Waals surface area (Å²) < 4.78 is 30.1. The van der Waals surface area contributed by atoms with E-state index < -0.39 is 16.1 Å². The standard InChI is InChI=1S/C18H24N2O5S/c1-26(23,24)20-15-4-8-18(9-5-15)25-13-17(22)12-19-11-10-14-2-6-16(21)7-3-14/h2-9,17,19-22H,10-13H2,1H3/t17-/m0/s1. The summed E-state index contributed by atoms with van der Waals surface area (Å²) >= 11 is 0. The van der Waals surface area contributed by atoms with E-state index in [0.717, 1.165) is 18.2 Å². The zero-order chi connectivity index (χ0) is 19.0. The first-order chi connectivity index (χ1) is 12.3. The van der Waals surface area contributed by atoms with Crippen molar-refractivity contribution in [3.8, 4) is 11.5 Å². The van der Waals surface area contributed by atoms with Crippen molar-refractivity contribution in [3.63, 3.8) is 0 Å². The van der Waals surface area contributed by atoms with Crippen LogP contribution in [0.25, 0.3) is 0 Å². The molecule has 2 aromatic rings. The van der Waals surface area contributed by atoms with E-state index in [0.29, 0.717) is 24.5 Å². The predicted octanol–water partition coefficient (Wildman–Crippen LogP) is 1.34. The number of phenols is 1. The van der Waals surface area contributed by atoms with Crippen molar-refractivity contribution < 1.29 is 23.4 Å². The number of hydrogen-bond acceptors (Lipinski definition) is 6. The van der Waals surface area contributed by atoms with E-state index in [1.807, 2.05) is 12.1 Å². The monoisotopic (exact) mass is 380 g/mol. The van der Waals surface area contributed by atoms with Gasteiger partial charge in [0.05, 0.1) is 6.26 Å². The molecule has 0 aliphatic carbocycles. The summed E-state index contributed by atoms with van der Waals surface area (Å²) in [4.78, 5) is 0. The highest BCUT2D eigenvalue weighted by Crippen LogP contribution is 2.16. The second-order valence-corrected chi connectivity index (χ2v) is 7.73. The van der Waals surface area contributed by atoms with Crippen LogP contribution < -0.4 is 14.8 Å². The van der Waals surface area contributed by atoms with Gasteiger partial charge in [-0.05, 0) is 54.9 Å². The molecular formula is C18H24N2O5S. The highest BCUT2D eigenvalue weighted by atomic mass is 32.2. The molecule has 0 aliphatic rings. The highest BCUT2D eigenvalue weighted by molar-refractivity contribution is 7.92. The lowest BCUT2D eigenvalue weighted by molar-refractivity contribution is 0.106. The van der Waals surface area contributed by atoms with E-state index in [1.54, 1.807) is 36.4 Å². The van der Waals surface area contributed by atoms with Crippen molar-refractivity contribution in [1.29, 1.82) is 0 Å². The van der Waals surface area contributed by atoms with Crippen molar-refractivity contribution in [2.45, 2.75) is 12.5 Å². The van der Waals surface area contributed by atoms with Crippen LogP contribution in [0.2, 0.25) is 0 Å². The number of hydrogen-bond donors (Lipinski definition) is 4. The Kier molecular flexibility index (Phi) is 7.26. The number of nitrogens with one attached hydrogen (secondary N) is 2. The third-order valence-corrected chi connectivity index (χ3v) is 4.11. The molecule has 7 nitrogen and oxygen atoms in total. The molecular weight excluding hydrogens is 356 g/mol. The van der Waals surface area contributed by atoms with Gasteiger partial charge in [-0.25, -0.2) is 8.42 Å². The highest BCUT2D eigenvalue weighted by Gasteiger charge is 2.06. The van der Waals surface area contributed by atoms with Crippen molar-refractivity contribution in [1.82, 2.24) is 5.32 Å². The summed E-state index contributed by atoms with van der Waals surface area (Å²) in [6, 6.07) is 13.5. The Balaban J connectivity index is 1.65. The molecule has 0 radical (unpaired) electrons. The first-order valence-electron chi connectivity index (χ1n) is 8.19. The molecule has 0 spiro atoms. The molecule has 0 unspecified atom stereocenters. The fourth-order valence-electron chi connectivity index (χ4n) is 2.25. The molecule has 26 heavy (non-hydrogen) atoms. The van der Waals surface area contributed by atoms with Crippen LogP contribution in [0.3, 0.4) is 0 Å². The Hall–Kier alpha value is -2.29. The number of sulfonamides is 1. The number of rotatable bonds is 10. The van der Waals surface area contributed by atoms with E-state index in [1.165, 1.54) is 0 Å². The zero-order valence-corrected chi connectivity index (χ0v) is 15.4. The molecule has 0 amide bonds. The van der Waals surface area contributed by atoms with Crippen LogP contribution in [0.5, 0.6) is 11.5 Å². The van der Waals surface area contributed by atoms with Gasteiger partial charge in [0.1, 0.15) is 24.2 Å². The van der Waals surface area contributed by atoms with Gasteiger partial charge in [0, 0.05) is 12.2 Å². The Morgan fingerprint density at radius 2 is 1.73 bits per heavy atom. The van der Waals surface area contributed by atoms with Gasteiger partial charge in [-0.3, -0.25) is 4.72 Å². The predicted molar refractivity (Wildman–Crippen MR) is 101 cm³/mol. The minimum absolute atomic E-state index is 0.130. The van der Waals surface area contributed by atoms with Crippen LogP contribution in [0, 0.1) is 0 Å². The Morgan fingerprint density at radius 1 is 1.08 bits per heavy atom. The van der Waals surface area contributed by atoms with Crippen LogP contribution in [0.1, 0.15) is 5.56 Å². The van der Waals surface area contributed by atoms with Gasteiger partial charge in [-0.2, -0.15) is 0 Å². The maximum absolute atomic E-state index is 11.1. The molecule has 0 saturated heterocycles. The lowest BCUT2D eigenvalue weighted by atomic mass is 10.1. The van der Waals surface area contributed by atoms with Crippen LogP contribution in [0.4, 0.5) is 5.69 Å². The molecule has 0 saturated carbocycles. The SMILES string of the molecule is CS(=O)(=O)Nc1ccc(OC[C@@H](O)CNCCc2ccc(O)cc2)cc1. The van der Waals surface area contributed by atoms with Crippen LogP contribution in [-0.2, 0) is 16.4 Å². The number of anilines is 1. The Bertz CT molecular complexity index is 776. The molecule has 4 N–H and O–H groups in total. The van der Waals surface area contributed by atoms with E-state index in [9.17, 15) is 18.6 Å². The average molecular weight is 380 g/mol. The van der Waals surface area contributed by atoms with Crippen molar-refractivity contribution in [2.24, 2.45) is 0 Å². The van der Waals surface area contributed by atoms with Crippen molar-refractivity contribution >= 4 is 15.7 Å². The summed E-state index contributed by atoms with van der Waals surface area (Å²) in [5.74, 6) is 0.793. The van der Waals surface area contributed by atoms with E-state index >= 15 is 0 Å². The van der Waals surface area contributed by atoms with Gasteiger partial charge in [0.15, 0.2) is 0 Å². The first kappa shape index (κ1) is 20.0. The number of ether oxygens (including phenoxy) is 1. The second-order valence-electron chi connectivity index (χ2n) is 5.98. The number of aromatic hydroxyl groups is 1. The third-order valence-electron chi connectivity index (χ3n) is 3.51. The quantitative estimate of drug-likeness (QED) is 0.463. The smallest absolute Gasteiger partial charge is 0.229 e. The van der Waals surface area contributed by atoms with E-state index in [4.69, 9.17) is 4.74 Å². The summed E-state index contributed by atoms with van der Waals surface area (Å²) in [6.07, 6.45) is 1.22. The van der Waals surface area contributed by atoms with E-state index in [-0.39, 0.29) is 12.4 Å². The molecule has 0 bridgehead atoms. The Morgan fingerprint density at radius 3 is 2.35 bits per heavy atom. The third kappa shape index (κ3) is 7.73. The normalized spacial score (nSPS) is 12.5. The first-order valence-corrected chi connectivity index (χ1v) is 10.1. The molecule has 0 aromatic heterocycles. The number of phenolic OH excluding ortho intramolecular Hbond substituents is 1. The summed E-state index contributed by atoms with van der Waals surface area (Å²) in [5, 5.41) is 22.3. The molecule has 0 aliphatic heterocycles. The van der Waals surface area contributed by atoms with Crippen molar-refractivity contribution in [3.05, 3.63) is 54.1 Å². The molecule has 0 fully saturated rings. The maximum atomic E-state index is 11.1. The molecule has 0 heterocycles. The lowest BCUT2D eigenvalue weighted by Gasteiger charge is -2.14. The zero-order valence-electron chi connectivity index (χ0n) is 14.6.